The van der Waals surface area contributed by atoms with Gasteiger partial charge in [-0.2, -0.15) is 0 Å². The highest BCUT2D eigenvalue weighted by Crippen LogP contribution is 2.20. The summed E-state index contributed by atoms with van der Waals surface area (Å²) in [5.74, 6) is 0.542. The van der Waals surface area contributed by atoms with Crippen molar-refractivity contribution < 1.29 is 4.79 Å². The molecule has 0 aromatic heterocycles. The number of allylic oxidation sites excluding steroid dienone is 2. The number of rotatable bonds is 4. The zero-order chi connectivity index (χ0) is 10.5. The van der Waals surface area contributed by atoms with Crippen LogP contribution in [0.2, 0.25) is 0 Å². The molecule has 0 unspecified atom stereocenters. The lowest BCUT2D eigenvalue weighted by Crippen LogP contribution is -2.11. The maximum absolute atomic E-state index is 10.7. The minimum absolute atomic E-state index is 0.179. The van der Waals surface area contributed by atoms with Crippen LogP contribution in [-0.4, -0.2) is 6.29 Å². The van der Waals surface area contributed by atoms with Gasteiger partial charge in [0.15, 0.2) is 0 Å². The first-order chi connectivity index (χ1) is 5.90. The van der Waals surface area contributed by atoms with E-state index in [9.17, 15) is 4.79 Å². The highest BCUT2D eigenvalue weighted by molar-refractivity contribution is 5.54. The fourth-order valence-electron chi connectivity index (χ4n) is 1.18. The van der Waals surface area contributed by atoms with Gasteiger partial charge >= 0.3 is 0 Å². The Labute approximate surface area is 82.2 Å². The molecule has 0 radical (unpaired) electrons. The Morgan fingerprint density at radius 2 is 1.85 bits per heavy atom. The van der Waals surface area contributed by atoms with Crippen molar-refractivity contribution in [2.45, 2.75) is 41.0 Å². The van der Waals surface area contributed by atoms with E-state index in [0.717, 1.165) is 12.7 Å². The van der Waals surface area contributed by atoms with E-state index in [-0.39, 0.29) is 11.3 Å². The van der Waals surface area contributed by atoms with Crippen LogP contribution in [0.4, 0.5) is 0 Å². The molecule has 0 heterocycles. The summed E-state index contributed by atoms with van der Waals surface area (Å²) in [5, 5.41) is 0. The molecular weight excluding hydrogens is 160 g/mol. The topological polar surface area (TPSA) is 17.1 Å². The summed E-state index contributed by atoms with van der Waals surface area (Å²) in [4.78, 5) is 10.7. The van der Waals surface area contributed by atoms with Crippen LogP contribution in [0.5, 0.6) is 0 Å². The first-order valence-corrected chi connectivity index (χ1v) is 5.05. The fraction of sp³-hybridized carbons (Fsp3) is 0.750. The van der Waals surface area contributed by atoms with E-state index in [0.29, 0.717) is 5.92 Å². The minimum atomic E-state index is 0.179. The van der Waals surface area contributed by atoms with Gasteiger partial charge in [-0.15, -0.1) is 0 Å². The number of hydrogen-bond donors (Lipinski definition) is 0. The predicted octanol–water partition coefficient (Wildman–Crippen LogP) is 3.45. The lowest BCUT2D eigenvalue weighted by Gasteiger charge is -2.16. The molecule has 0 saturated carbocycles. The maximum atomic E-state index is 10.7. The van der Waals surface area contributed by atoms with E-state index in [4.69, 9.17) is 0 Å². The van der Waals surface area contributed by atoms with Crippen LogP contribution in [0.3, 0.4) is 0 Å². The van der Waals surface area contributed by atoms with Gasteiger partial charge in [-0.25, -0.2) is 0 Å². The molecule has 76 valence electrons. The van der Waals surface area contributed by atoms with Gasteiger partial charge in [0.05, 0.1) is 0 Å². The summed E-state index contributed by atoms with van der Waals surface area (Å²) in [6.45, 7) is 10.7. The Bertz CT molecular complexity index is 174. The molecule has 0 bridgehead atoms. The Kier molecular flexibility index (Phi) is 4.97. The fourth-order valence-corrected chi connectivity index (χ4v) is 1.18. The maximum Gasteiger partial charge on any atom is 0.123 e. The van der Waals surface area contributed by atoms with Gasteiger partial charge in [0, 0.05) is 5.92 Å². The van der Waals surface area contributed by atoms with Crippen molar-refractivity contribution >= 4 is 6.29 Å². The average molecular weight is 182 g/mol. The lowest BCUT2D eigenvalue weighted by atomic mass is 9.88. The molecule has 0 aliphatic carbocycles. The number of carbonyl (C=O) groups excluding carboxylic acids is 1. The molecule has 0 aliphatic heterocycles. The zero-order valence-electron chi connectivity index (χ0n) is 9.50. The van der Waals surface area contributed by atoms with E-state index >= 15 is 0 Å². The molecular formula is C12H22O. The van der Waals surface area contributed by atoms with E-state index in [2.05, 4.69) is 46.8 Å². The van der Waals surface area contributed by atoms with Crippen molar-refractivity contribution in [2.24, 2.45) is 17.3 Å². The highest BCUT2D eigenvalue weighted by atomic mass is 16.1. The second-order valence-corrected chi connectivity index (χ2v) is 4.79. The molecule has 2 atom stereocenters. The van der Waals surface area contributed by atoms with E-state index in [1.54, 1.807) is 0 Å². The molecule has 0 aromatic rings. The molecule has 1 heteroatoms. The normalized spacial score (nSPS) is 17.3. The molecule has 1 nitrogen and oxygen atoms in total. The molecule has 0 rings (SSSR count). The number of carbonyl (C=O) groups is 1. The summed E-state index contributed by atoms with van der Waals surface area (Å²) in [6.07, 6.45) is 6.34. The largest absolute Gasteiger partial charge is 0.303 e. The van der Waals surface area contributed by atoms with Crippen molar-refractivity contribution in [3.8, 4) is 0 Å². The Balaban J connectivity index is 4.20. The molecule has 0 N–H and O–H groups in total. The van der Waals surface area contributed by atoms with Crippen molar-refractivity contribution in [3.05, 3.63) is 12.2 Å². The second-order valence-electron chi connectivity index (χ2n) is 4.79. The third-order valence-electron chi connectivity index (χ3n) is 2.22. The van der Waals surface area contributed by atoms with Gasteiger partial charge in [0.2, 0.25) is 0 Å². The van der Waals surface area contributed by atoms with Crippen LogP contribution in [0.25, 0.3) is 0 Å². The van der Waals surface area contributed by atoms with Crippen molar-refractivity contribution in [1.29, 1.82) is 0 Å². The van der Waals surface area contributed by atoms with Crippen molar-refractivity contribution in [3.63, 3.8) is 0 Å². The summed E-state index contributed by atoms with van der Waals surface area (Å²) in [7, 11) is 0. The second kappa shape index (κ2) is 5.21. The molecule has 0 aliphatic rings. The highest BCUT2D eigenvalue weighted by Gasteiger charge is 2.12. The van der Waals surface area contributed by atoms with Crippen LogP contribution in [0.15, 0.2) is 12.2 Å². The van der Waals surface area contributed by atoms with Gasteiger partial charge in [-0.1, -0.05) is 46.8 Å². The van der Waals surface area contributed by atoms with Crippen LogP contribution >= 0.6 is 0 Å². The summed E-state index contributed by atoms with van der Waals surface area (Å²) in [6, 6.07) is 0. The number of hydrogen-bond acceptors (Lipinski definition) is 1. The van der Waals surface area contributed by atoms with Gasteiger partial charge in [-0.3, -0.25) is 0 Å². The standard InChI is InChI=1S/C12H22O/c1-6-11(9-13)10(2)7-8-12(3,4)5/h7-11H,6H2,1-5H3/b8-7+/t10-,11-/m1/s1. The monoisotopic (exact) mass is 182 g/mol. The molecule has 0 fully saturated rings. The smallest absolute Gasteiger partial charge is 0.123 e. The third kappa shape index (κ3) is 5.62. The van der Waals surface area contributed by atoms with Crippen molar-refractivity contribution in [2.75, 3.05) is 0 Å². The predicted molar refractivity (Wildman–Crippen MR) is 57.6 cm³/mol. The van der Waals surface area contributed by atoms with E-state index in [1.807, 2.05) is 0 Å². The van der Waals surface area contributed by atoms with Crippen LogP contribution in [0.1, 0.15) is 41.0 Å². The molecule has 0 amide bonds. The third-order valence-corrected chi connectivity index (χ3v) is 2.22. The van der Waals surface area contributed by atoms with Crippen LogP contribution in [0, 0.1) is 17.3 Å². The molecule has 0 spiro atoms. The minimum Gasteiger partial charge on any atom is -0.303 e. The average Bonchev–Trinajstić information content (AvgIpc) is 2.02. The Morgan fingerprint density at radius 3 is 2.15 bits per heavy atom. The first kappa shape index (κ1) is 12.4. The van der Waals surface area contributed by atoms with Gasteiger partial charge in [-0.05, 0) is 17.8 Å². The number of aldehydes is 1. The summed E-state index contributed by atoms with van der Waals surface area (Å²) >= 11 is 0. The SMILES string of the molecule is CC[C@H](C=O)[C@H](C)/C=C/C(C)(C)C. The van der Waals surface area contributed by atoms with E-state index < -0.39 is 0 Å². The first-order valence-electron chi connectivity index (χ1n) is 5.05. The zero-order valence-corrected chi connectivity index (χ0v) is 9.50. The Morgan fingerprint density at radius 1 is 1.31 bits per heavy atom. The van der Waals surface area contributed by atoms with Gasteiger partial charge in [0.25, 0.3) is 0 Å². The van der Waals surface area contributed by atoms with Crippen molar-refractivity contribution in [1.82, 2.24) is 0 Å². The molecule has 0 aromatic carbocycles. The van der Waals surface area contributed by atoms with Gasteiger partial charge < -0.3 is 4.79 Å². The Hall–Kier alpha value is -0.590. The van der Waals surface area contributed by atoms with E-state index in [1.165, 1.54) is 0 Å². The quantitative estimate of drug-likeness (QED) is 0.481. The summed E-state index contributed by atoms with van der Waals surface area (Å²) in [5.41, 5.74) is 0.218. The summed E-state index contributed by atoms with van der Waals surface area (Å²) < 4.78 is 0. The molecule has 13 heavy (non-hydrogen) atoms. The molecule has 0 saturated heterocycles. The van der Waals surface area contributed by atoms with Crippen LogP contribution < -0.4 is 0 Å². The lowest BCUT2D eigenvalue weighted by molar-refractivity contribution is -0.112. The van der Waals surface area contributed by atoms with Gasteiger partial charge in [0.1, 0.15) is 6.29 Å². The van der Waals surface area contributed by atoms with Crippen LogP contribution in [-0.2, 0) is 4.79 Å².